The van der Waals surface area contributed by atoms with Crippen molar-refractivity contribution in [3.05, 3.63) is 47.2 Å². The Hall–Kier alpha value is -2.87. The van der Waals surface area contributed by atoms with Crippen LogP contribution in [0.1, 0.15) is 16.2 Å². The van der Waals surface area contributed by atoms with E-state index in [-0.39, 0.29) is 5.91 Å². The first-order valence-electron chi connectivity index (χ1n) is 7.27. The molecule has 24 heavy (non-hydrogen) atoms. The minimum Gasteiger partial charge on any atom is -0.492 e. The number of carbonyl (C=O) groups excluding carboxylic acids is 1. The maximum absolute atomic E-state index is 11.8. The second kappa shape index (κ2) is 7.14. The van der Waals surface area contributed by atoms with Gasteiger partial charge in [0.25, 0.3) is 5.91 Å². The molecular formula is C16H16N5O2S. The fraction of sp³-hybridized carbons (Fsp3) is 0.188. The van der Waals surface area contributed by atoms with Gasteiger partial charge < -0.3 is 15.8 Å². The number of carbonyl (C=O) groups is 1. The van der Waals surface area contributed by atoms with Gasteiger partial charge in [-0.2, -0.15) is 5.10 Å². The monoisotopic (exact) mass is 342 g/mol. The predicted octanol–water partition coefficient (Wildman–Crippen LogP) is 2.03. The molecule has 0 aliphatic carbocycles. The fourth-order valence-electron chi connectivity index (χ4n) is 2.16. The summed E-state index contributed by atoms with van der Waals surface area (Å²) in [7, 11) is 0. The quantitative estimate of drug-likeness (QED) is 0.594. The first-order valence-corrected chi connectivity index (χ1v) is 8.15. The molecule has 0 atom stereocenters. The van der Waals surface area contributed by atoms with Crippen molar-refractivity contribution in [2.45, 2.75) is 6.92 Å². The first-order chi connectivity index (χ1) is 11.6. The summed E-state index contributed by atoms with van der Waals surface area (Å²) in [5.41, 5.74) is 8.72. The van der Waals surface area contributed by atoms with Crippen LogP contribution in [-0.2, 0) is 0 Å². The van der Waals surface area contributed by atoms with Crippen molar-refractivity contribution < 1.29 is 9.53 Å². The van der Waals surface area contributed by atoms with E-state index in [1.807, 2.05) is 25.3 Å². The van der Waals surface area contributed by atoms with Gasteiger partial charge in [-0.1, -0.05) is 0 Å². The molecule has 0 unspecified atom stereocenters. The van der Waals surface area contributed by atoms with Crippen LogP contribution in [-0.4, -0.2) is 34.2 Å². The number of H-pyrrole nitrogens is 1. The Morgan fingerprint density at radius 3 is 3.08 bits per heavy atom. The number of amides is 1. The van der Waals surface area contributed by atoms with Gasteiger partial charge in [-0.15, -0.1) is 11.3 Å². The molecule has 1 aromatic carbocycles. The zero-order valence-electron chi connectivity index (χ0n) is 13.0. The third kappa shape index (κ3) is 3.72. The Labute approximate surface area is 142 Å². The molecule has 4 N–H and O–H groups in total. The molecule has 0 saturated carbocycles. The number of nitrogens with zero attached hydrogens (tertiary/aromatic N) is 2. The van der Waals surface area contributed by atoms with Crippen molar-refractivity contribution in [1.29, 1.82) is 0 Å². The number of rotatable bonds is 6. The number of ether oxygens (including phenoxy) is 1. The molecule has 1 radical (unpaired) electrons. The number of benzene rings is 1. The van der Waals surface area contributed by atoms with Gasteiger partial charge in [0.1, 0.15) is 18.1 Å². The van der Waals surface area contributed by atoms with Crippen LogP contribution in [0.15, 0.2) is 29.8 Å². The van der Waals surface area contributed by atoms with E-state index in [0.29, 0.717) is 29.7 Å². The lowest BCUT2D eigenvalue weighted by molar-refractivity contribution is 0.0943. The fourth-order valence-corrected chi connectivity index (χ4v) is 2.70. The topological polar surface area (TPSA) is 106 Å². The van der Waals surface area contributed by atoms with E-state index in [1.54, 1.807) is 11.4 Å². The second-order valence-corrected chi connectivity index (χ2v) is 5.91. The molecule has 3 rings (SSSR count). The Bertz CT molecular complexity index is 842. The number of anilines is 1. The van der Waals surface area contributed by atoms with Crippen LogP contribution in [0.4, 0.5) is 5.13 Å². The third-order valence-electron chi connectivity index (χ3n) is 3.32. The molecule has 0 saturated heterocycles. The van der Waals surface area contributed by atoms with Crippen LogP contribution in [0.3, 0.4) is 0 Å². The smallest absolute Gasteiger partial charge is 0.270 e. The Morgan fingerprint density at radius 2 is 2.38 bits per heavy atom. The summed E-state index contributed by atoms with van der Waals surface area (Å²) < 4.78 is 5.66. The van der Waals surface area contributed by atoms with Crippen molar-refractivity contribution in [2.75, 3.05) is 18.9 Å². The van der Waals surface area contributed by atoms with Gasteiger partial charge in [0.15, 0.2) is 5.13 Å². The Morgan fingerprint density at radius 1 is 1.50 bits per heavy atom. The third-order valence-corrected chi connectivity index (χ3v) is 3.99. The Balaban J connectivity index is 1.52. The Kier molecular flexibility index (Phi) is 4.76. The molecule has 0 aliphatic rings. The number of nitrogens with one attached hydrogen (secondary N) is 2. The lowest BCUT2D eigenvalue weighted by atomic mass is 10.1. The molecule has 0 fully saturated rings. The lowest BCUT2D eigenvalue weighted by Gasteiger charge is -2.08. The van der Waals surface area contributed by atoms with Crippen LogP contribution in [0, 0.1) is 13.0 Å². The maximum atomic E-state index is 11.8. The van der Waals surface area contributed by atoms with Crippen LogP contribution in [0.5, 0.6) is 5.75 Å². The predicted molar refractivity (Wildman–Crippen MR) is 92.0 cm³/mol. The zero-order valence-corrected chi connectivity index (χ0v) is 13.8. The van der Waals surface area contributed by atoms with Crippen molar-refractivity contribution in [3.8, 4) is 16.9 Å². The highest BCUT2D eigenvalue weighted by molar-refractivity contribution is 7.13. The highest BCUT2D eigenvalue weighted by atomic mass is 32.1. The molecule has 2 aromatic heterocycles. The van der Waals surface area contributed by atoms with Crippen molar-refractivity contribution >= 4 is 22.4 Å². The van der Waals surface area contributed by atoms with E-state index in [9.17, 15) is 4.79 Å². The number of hydrogen-bond acceptors (Lipinski definition) is 6. The number of aromatic amines is 1. The average molecular weight is 342 g/mol. The normalized spacial score (nSPS) is 10.5. The summed E-state index contributed by atoms with van der Waals surface area (Å²) in [4.78, 5) is 15.7. The number of thiazole rings is 1. The van der Waals surface area contributed by atoms with E-state index < -0.39 is 0 Å². The van der Waals surface area contributed by atoms with Crippen molar-refractivity contribution in [3.63, 3.8) is 0 Å². The summed E-state index contributed by atoms with van der Waals surface area (Å²) in [6, 6.07) is 8.59. The number of nitrogens with two attached hydrogens (primary N) is 1. The summed E-state index contributed by atoms with van der Waals surface area (Å²) in [5, 5.41) is 11.7. The SMILES string of the molecule is Cc1n[nH]cc1-c1c[c]cc(OCCNC(=O)c2csc(N)n2)c1. The van der Waals surface area contributed by atoms with E-state index >= 15 is 0 Å². The molecule has 123 valence electrons. The summed E-state index contributed by atoms with van der Waals surface area (Å²) in [6.45, 7) is 2.64. The lowest BCUT2D eigenvalue weighted by Crippen LogP contribution is -2.28. The van der Waals surface area contributed by atoms with Gasteiger partial charge in [0.05, 0.1) is 12.2 Å². The molecule has 7 nitrogen and oxygen atoms in total. The standard InChI is InChI=1S/C16H16N5O2S/c1-10-13(8-19-21-10)11-3-2-4-12(7-11)23-6-5-18-15(22)14-9-24-16(17)20-14/h3-4,7-9H,5-6H2,1H3,(H2,17,20)(H,18,22)(H,19,21). The first kappa shape index (κ1) is 16.0. The minimum atomic E-state index is -0.263. The molecule has 0 bridgehead atoms. The highest BCUT2D eigenvalue weighted by Crippen LogP contribution is 2.25. The van der Waals surface area contributed by atoms with Crippen LogP contribution in [0.25, 0.3) is 11.1 Å². The largest absolute Gasteiger partial charge is 0.492 e. The van der Waals surface area contributed by atoms with Crippen molar-refractivity contribution in [1.82, 2.24) is 20.5 Å². The minimum absolute atomic E-state index is 0.263. The van der Waals surface area contributed by atoms with Crippen LogP contribution < -0.4 is 15.8 Å². The van der Waals surface area contributed by atoms with E-state index in [1.165, 1.54) is 11.3 Å². The van der Waals surface area contributed by atoms with E-state index in [2.05, 4.69) is 26.6 Å². The molecule has 2 heterocycles. The van der Waals surface area contributed by atoms with E-state index in [4.69, 9.17) is 10.5 Å². The zero-order chi connectivity index (χ0) is 16.9. The second-order valence-electron chi connectivity index (χ2n) is 5.02. The number of hydrogen-bond donors (Lipinski definition) is 3. The number of aryl methyl sites for hydroxylation is 1. The van der Waals surface area contributed by atoms with Gasteiger partial charge in [-0.3, -0.25) is 9.89 Å². The van der Waals surface area contributed by atoms with Gasteiger partial charge in [-0.05, 0) is 36.8 Å². The van der Waals surface area contributed by atoms with Crippen molar-refractivity contribution in [2.24, 2.45) is 0 Å². The molecule has 8 heteroatoms. The van der Waals surface area contributed by atoms with Gasteiger partial charge in [0.2, 0.25) is 0 Å². The molecule has 3 aromatic rings. The molecular weight excluding hydrogens is 326 g/mol. The molecule has 0 spiro atoms. The van der Waals surface area contributed by atoms with Crippen LogP contribution in [0.2, 0.25) is 0 Å². The summed E-state index contributed by atoms with van der Waals surface area (Å²) in [5.74, 6) is 0.418. The molecule has 1 amide bonds. The van der Waals surface area contributed by atoms with E-state index in [0.717, 1.165) is 16.8 Å². The van der Waals surface area contributed by atoms with Gasteiger partial charge >= 0.3 is 0 Å². The maximum Gasteiger partial charge on any atom is 0.270 e. The van der Waals surface area contributed by atoms with Crippen LogP contribution >= 0.6 is 11.3 Å². The number of aromatic nitrogens is 3. The summed E-state index contributed by atoms with van der Waals surface area (Å²) >= 11 is 1.23. The molecule has 0 aliphatic heterocycles. The van der Waals surface area contributed by atoms with Gasteiger partial charge in [0, 0.05) is 17.1 Å². The van der Waals surface area contributed by atoms with Gasteiger partial charge in [-0.25, -0.2) is 4.98 Å². The highest BCUT2D eigenvalue weighted by Gasteiger charge is 2.09. The number of nitrogen functional groups attached to an aromatic ring is 1. The summed E-state index contributed by atoms with van der Waals surface area (Å²) in [6.07, 6.45) is 1.84. The average Bonchev–Trinajstić information content (AvgIpc) is 3.20.